The van der Waals surface area contributed by atoms with Crippen LogP contribution in [0.5, 0.6) is 5.75 Å². The maximum atomic E-state index is 5.25. The van der Waals surface area contributed by atoms with Crippen LogP contribution >= 0.6 is 0 Å². The Balaban J connectivity index is 2.28. The van der Waals surface area contributed by atoms with E-state index in [9.17, 15) is 0 Å². The highest BCUT2D eigenvalue weighted by Crippen LogP contribution is 2.23. The summed E-state index contributed by atoms with van der Waals surface area (Å²) in [7, 11) is 1.69. The van der Waals surface area contributed by atoms with Crippen molar-refractivity contribution in [3.8, 4) is 5.75 Å². The first-order valence-corrected chi connectivity index (χ1v) is 5.98. The van der Waals surface area contributed by atoms with E-state index >= 15 is 0 Å². The zero-order valence-corrected chi connectivity index (χ0v) is 11.0. The predicted octanol–water partition coefficient (Wildman–Crippen LogP) is 3.48. The van der Waals surface area contributed by atoms with E-state index in [0.29, 0.717) is 5.41 Å². The standard InChI is InChI=1S/C14H20N2O/c1-14(2,3)7-8-16-10-15-12-6-5-11(17-4)9-13(12)16/h5-6,9-10H,7-8H2,1-4H3. The van der Waals surface area contributed by atoms with Gasteiger partial charge < -0.3 is 9.30 Å². The van der Waals surface area contributed by atoms with Gasteiger partial charge in [-0.05, 0) is 24.0 Å². The Kier molecular flexibility index (Phi) is 3.09. The maximum Gasteiger partial charge on any atom is 0.121 e. The van der Waals surface area contributed by atoms with Gasteiger partial charge in [-0.15, -0.1) is 0 Å². The van der Waals surface area contributed by atoms with Gasteiger partial charge in [-0.3, -0.25) is 0 Å². The van der Waals surface area contributed by atoms with Crippen molar-refractivity contribution in [2.45, 2.75) is 33.7 Å². The van der Waals surface area contributed by atoms with Crippen molar-refractivity contribution in [2.75, 3.05) is 7.11 Å². The number of aromatic nitrogens is 2. The van der Waals surface area contributed by atoms with Crippen molar-refractivity contribution in [1.29, 1.82) is 0 Å². The number of aryl methyl sites for hydroxylation is 1. The highest BCUT2D eigenvalue weighted by molar-refractivity contribution is 5.76. The Hall–Kier alpha value is -1.51. The van der Waals surface area contributed by atoms with Crippen molar-refractivity contribution in [3.63, 3.8) is 0 Å². The van der Waals surface area contributed by atoms with Crippen LogP contribution in [0, 0.1) is 5.41 Å². The van der Waals surface area contributed by atoms with Crippen LogP contribution in [0.2, 0.25) is 0 Å². The van der Waals surface area contributed by atoms with Gasteiger partial charge in [-0.25, -0.2) is 4.98 Å². The monoisotopic (exact) mass is 232 g/mol. The molecule has 0 aliphatic heterocycles. The molecule has 3 nitrogen and oxygen atoms in total. The second-order valence-electron chi connectivity index (χ2n) is 5.60. The maximum absolute atomic E-state index is 5.25. The minimum absolute atomic E-state index is 0.343. The van der Waals surface area contributed by atoms with Crippen LogP contribution in [0.3, 0.4) is 0 Å². The predicted molar refractivity (Wildman–Crippen MR) is 70.4 cm³/mol. The normalized spacial score (nSPS) is 12.0. The van der Waals surface area contributed by atoms with Crippen molar-refractivity contribution in [2.24, 2.45) is 5.41 Å². The van der Waals surface area contributed by atoms with Crippen molar-refractivity contribution >= 4 is 11.0 Å². The highest BCUT2D eigenvalue weighted by Gasteiger charge is 2.11. The first kappa shape index (κ1) is 12.0. The van der Waals surface area contributed by atoms with Crippen LogP contribution in [0.4, 0.5) is 0 Å². The minimum Gasteiger partial charge on any atom is -0.497 e. The SMILES string of the molecule is COc1ccc2ncn(CCC(C)(C)C)c2c1. The lowest BCUT2D eigenvalue weighted by molar-refractivity contribution is 0.352. The highest BCUT2D eigenvalue weighted by atomic mass is 16.5. The van der Waals surface area contributed by atoms with Gasteiger partial charge in [0.1, 0.15) is 5.75 Å². The molecule has 0 radical (unpaired) electrons. The molecule has 2 rings (SSSR count). The number of rotatable bonds is 3. The van der Waals surface area contributed by atoms with Gasteiger partial charge in [0.2, 0.25) is 0 Å². The summed E-state index contributed by atoms with van der Waals surface area (Å²) in [6.45, 7) is 7.76. The van der Waals surface area contributed by atoms with E-state index in [4.69, 9.17) is 4.74 Å². The molecule has 17 heavy (non-hydrogen) atoms. The van der Waals surface area contributed by atoms with Crippen LogP contribution in [0.1, 0.15) is 27.2 Å². The number of benzene rings is 1. The third-order valence-electron chi connectivity index (χ3n) is 2.93. The number of hydrogen-bond donors (Lipinski definition) is 0. The molecule has 0 bridgehead atoms. The average molecular weight is 232 g/mol. The van der Waals surface area contributed by atoms with Gasteiger partial charge >= 0.3 is 0 Å². The Morgan fingerprint density at radius 1 is 1.29 bits per heavy atom. The van der Waals surface area contributed by atoms with Gasteiger partial charge in [-0.2, -0.15) is 0 Å². The lowest BCUT2D eigenvalue weighted by Crippen LogP contribution is -2.09. The number of ether oxygens (including phenoxy) is 1. The molecule has 0 aliphatic rings. The third kappa shape index (κ3) is 2.78. The number of imidazole rings is 1. The number of nitrogens with zero attached hydrogens (tertiary/aromatic N) is 2. The fraction of sp³-hybridized carbons (Fsp3) is 0.500. The Morgan fingerprint density at radius 2 is 2.06 bits per heavy atom. The van der Waals surface area contributed by atoms with Crippen LogP contribution < -0.4 is 4.74 Å². The Bertz CT molecular complexity index is 508. The first-order valence-electron chi connectivity index (χ1n) is 5.98. The minimum atomic E-state index is 0.343. The largest absolute Gasteiger partial charge is 0.497 e. The summed E-state index contributed by atoms with van der Waals surface area (Å²) < 4.78 is 7.45. The number of methoxy groups -OCH3 is 1. The smallest absolute Gasteiger partial charge is 0.121 e. The van der Waals surface area contributed by atoms with Crippen LogP contribution in [0.25, 0.3) is 11.0 Å². The van der Waals surface area contributed by atoms with Gasteiger partial charge in [0, 0.05) is 12.6 Å². The molecule has 0 spiro atoms. The average Bonchev–Trinajstić information content (AvgIpc) is 2.67. The summed E-state index contributed by atoms with van der Waals surface area (Å²) in [6, 6.07) is 6.00. The van der Waals surface area contributed by atoms with Crippen LogP contribution in [0.15, 0.2) is 24.5 Å². The van der Waals surface area contributed by atoms with Crippen molar-refractivity contribution < 1.29 is 4.74 Å². The quantitative estimate of drug-likeness (QED) is 0.810. The first-order chi connectivity index (χ1) is 7.99. The Morgan fingerprint density at radius 3 is 2.71 bits per heavy atom. The summed E-state index contributed by atoms with van der Waals surface area (Å²) >= 11 is 0. The van der Waals surface area contributed by atoms with E-state index in [1.165, 1.54) is 0 Å². The molecule has 0 saturated carbocycles. The summed E-state index contributed by atoms with van der Waals surface area (Å²) in [6.07, 6.45) is 3.05. The molecule has 3 heteroatoms. The van der Waals surface area contributed by atoms with E-state index in [2.05, 4.69) is 30.3 Å². The molecule has 2 aromatic rings. The Labute approximate surface area is 102 Å². The lowest BCUT2D eigenvalue weighted by atomic mass is 9.92. The van der Waals surface area contributed by atoms with E-state index in [-0.39, 0.29) is 0 Å². The lowest BCUT2D eigenvalue weighted by Gasteiger charge is -2.18. The summed E-state index contributed by atoms with van der Waals surface area (Å²) in [5, 5.41) is 0. The summed E-state index contributed by atoms with van der Waals surface area (Å²) in [5.41, 5.74) is 2.52. The molecule has 0 N–H and O–H groups in total. The number of hydrogen-bond acceptors (Lipinski definition) is 2. The molecule has 0 fully saturated rings. The van der Waals surface area contributed by atoms with E-state index in [1.54, 1.807) is 7.11 Å². The molecule has 0 amide bonds. The molecule has 92 valence electrons. The van der Waals surface area contributed by atoms with E-state index in [1.807, 2.05) is 24.5 Å². The topological polar surface area (TPSA) is 27.1 Å². The van der Waals surface area contributed by atoms with Gasteiger partial charge in [0.25, 0.3) is 0 Å². The second kappa shape index (κ2) is 4.40. The van der Waals surface area contributed by atoms with Gasteiger partial charge in [-0.1, -0.05) is 20.8 Å². The summed E-state index contributed by atoms with van der Waals surface area (Å²) in [5.74, 6) is 0.884. The van der Waals surface area contributed by atoms with E-state index in [0.717, 1.165) is 29.7 Å². The van der Waals surface area contributed by atoms with Crippen molar-refractivity contribution in [1.82, 2.24) is 9.55 Å². The molecule has 1 heterocycles. The third-order valence-corrected chi connectivity index (χ3v) is 2.93. The molecule has 0 atom stereocenters. The molecular weight excluding hydrogens is 212 g/mol. The van der Waals surface area contributed by atoms with Gasteiger partial charge in [0.15, 0.2) is 0 Å². The second-order valence-corrected chi connectivity index (χ2v) is 5.60. The van der Waals surface area contributed by atoms with Crippen LogP contribution in [-0.2, 0) is 6.54 Å². The zero-order chi connectivity index (χ0) is 12.5. The summed E-state index contributed by atoms with van der Waals surface area (Å²) in [4.78, 5) is 4.40. The zero-order valence-electron chi connectivity index (χ0n) is 11.0. The molecule has 0 saturated heterocycles. The molecule has 0 aliphatic carbocycles. The molecular formula is C14H20N2O. The van der Waals surface area contributed by atoms with E-state index < -0.39 is 0 Å². The molecule has 0 unspecified atom stereocenters. The molecule has 1 aromatic carbocycles. The molecule has 1 aromatic heterocycles. The fourth-order valence-corrected chi connectivity index (χ4v) is 1.80. The van der Waals surface area contributed by atoms with Crippen molar-refractivity contribution in [3.05, 3.63) is 24.5 Å². The fourth-order valence-electron chi connectivity index (χ4n) is 1.80. The van der Waals surface area contributed by atoms with Gasteiger partial charge in [0.05, 0.1) is 24.5 Å². The number of fused-ring (bicyclic) bond motifs is 1. The van der Waals surface area contributed by atoms with Crippen LogP contribution in [-0.4, -0.2) is 16.7 Å².